The van der Waals surface area contributed by atoms with Crippen LogP contribution in [0.25, 0.3) is 16.5 Å². The van der Waals surface area contributed by atoms with Crippen LogP contribution in [-0.4, -0.2) is 33.8 Å². The first-order chi connectivity index (χ1) is 12.7. The van der Waals surface area contributed by atoms with Crippen LogP contribution in [0.1, 0.15) is 31.7 Å². The van der Waals surface area contributed by atoms with Crippen LogP contribution in [0.15, 0.2) is 59.5 Å². The Kier molecular flexibility index (Phi) is 4.85. The number of aromatic nitrogens is 2. The first kappa shape index (κ1) is 17.0. The molecule has 0 N–H and O–H groups in total. The maximum absolute atomic E-state index is 12.0. The lowest BCUT2D eigenvalue weighted by atomic mass is 10.0. The van der Waals surface area contributed by atoms with Crippen LogP contribution in [0.3, 0.4) is 0 Å². The third-order valence-corrected chi connectivity index (χ3v) is 5.48. The summed E-state index contributed by atoms with van der Waals surface area (Å²) < 4.78 is 1.44. The van der Waals surface area contributed by atoms with Gasteiger partial charge in [-0.25, -0.2) is 0 Å². The summed E-state index contributed by atoms with van der Waals surface area (Å²) in [5, 5.41) is 6.50. The maximum atomic E-state index is 12.0. The zero-order valence-electron chi connectivity index (χ0n) is 15.3. The lowest BCUT2D eigenvalue weighted by Gasteiger charge is -2.33. The molecule has 2 aromatic carbocycles. The largest absolute Gasteiger partial charge is 0.300 e. The quantitative estimate of drug-likeness (QED) is 0.720. The SMILES string of the molecule is CC1CCCCN1CCc1ccc2cc(-n3ncccc3=O)ccc2c1. The summed E-state index contributed by atoms with van der Waals surface area (Å²) in [4.78, 5) is 14.6. The molecule has 1 aromatic heterocycles. The third kappa shape index (κ3) is 3.56. The van der Waals surface area contributed by atoms with Gasteiger partial charge in [-0.3, -0.25) is 4.79 Å². The molecule has 0 amide bonds. The summed E-state index contributed by atoms with van der Waals surface area (Å²) in [5.41, 5.74) is 2.06. The van der Waals surface area contributed by atoms with Crippen LogP contribution in [0.2, 0.25) is 0 Å². The molecule has 4 rings (SSSR count). The zero-order valence-corrected chi connectivity index (χ0v) is 15.3. The van der Waals surface area contributed by atoms with Gasteiger partial charge in [0.2, 0.25) is 0 Å². The van der Waals surface area contributed by atoms with Gasteiger partial charge in [-0.15, -0.1) is 0 Å². The summed E-state index contributed by atoms with van der Waals surface area (Å²) in [6.45, 7) is 4.71. The van der Waals surface area contributed by atoms with Gasteiger partial charge in [-0.2, -0.15) is 9.78 Å². The van der Waals surface area contributed by atoms with Crippen LogP contribution in [0.4, 0.5) is 0 Å². The number of nitrogens with zero attached hydrogens (tertiary/aromatic N) is 3. The van der Waals surface area contributed by atoms with E-state index in [0.717, 1.165) is 24.0 Å². The van der Waals surface area contributed by atoms with Crippen LogP contribution < -0.4 is 5.56 Å². The summed E-state index contributed by atoms with van der Waals surface area (Å²) >= 11 is 0. The van der Waals surface area contributed by atoms with E-state index < -0.39 is 0 Å². The number of likely N-dealkylation sites (tertiary alicyclic amines) is 1. The first-order valence-electron chi connectivity index (χ1n) is 9.52. The van der Waals surface area contributed by atoms with Crippen molar-refractivity contribution < 1.29 is 0 Å². The number of hydrogen-bond acceptors (Lipinski definition) is 3. The highest BCUT2D eigenvalue weighted by Gasteiger charge is 2.17. The van der Waals surface area contributed by atoms with E-state index >= 15 is 0 Å². The predicted octanol–water partition coefficient (Wildman–Crippen LogP) is 3.80. The summed E-state index contributed by atoms with van der Waals surface area (Å²) in [6.07, 6.45) is 6.75. The van der Waals surface area contributed by atoms with E-state index in [2.05, 4.69) is 41.2 Å². The van der Waals surface area contributed by atoms with Crippen molar-refractivity contribution in [1.82, 2.24) is 14.7 Å². The summed E-state index contributed by atoms with van der Waals surface area (Å²) in [5.74, 6) is 0. The Hall–Kier alpha value is -2.46. The van der Waals surface area contributed by atoms with Gasteiger partial charge in [-0.05, 0) is 67.3 Å². The van der Waals surface area contributed by atoms with Crippen molar-refractivity contribution in [3.8, 4) is 5.69 Å². The lowest BCUT2D eigenvalue weighted by Crippen LogP contribution is -2.38. The standard InChI is InChI=1S/C22H25N3O/c1-17-5-2-3-13-24(17)14-11-18-7-8-20-16-21(10-9-19(20)15-18)25-22(26)6-4-12-23-25/h4,6-10,12,15-17H,2-3,5,11,13-14H2,1H3. The van der Waals surface area contributed by atoms with Gasteiger partial charge in [0.05, 0.1) is 5.69 Å². The number of rotatable bonds is 4. The topological polar surface area (TPSA) is 38.1 Å². The van der Waals surface area contributed by atoms with Gasteiger partial charge in [0.25, 0.3) is 5.56 Å². The van der Waals surface area contributed by atoms with Crippen LogP contribution in [0.5, 0.6) is 0 Å². The molecule has 2 heterocycles. The van der Waals surface area contributed by atoms with E-state index in [1.54, 1.807) is 12.3 Å². The van der Waals surface area contributed by atoms with Crippen LogP contribution >= 0.6 is 0 Å². The van der Waals surface area contributed by atoms with E-state index in [1.165, 1.54) is 47.5 Å². The average Bonchev–Trinajstić information content (AvgIpc) is 2.67. The van der Waals surface area contributed by atoms with Gasteiger partial charge in [-0.1, -0.05) is 30.7 Å². The molecule has 26 heavy (non-hydrogen) atoms. The van der Waals surface area contributed by atoms with E-state index in [9.17, 15) is 4.79 Å². The second-order valence-electron chi connectivity index (χ2n) is 7.27. The minimum Gasteiger partial charge on any atom is -0.300 e. The highest BCUT2D eigenvalue weighted by Crippen LogP contribution is 2.21. The fourth-order valence-corrected chi connectivity index (χ4v) is 3.88. The molecule has 4 heteroatoms. The molecule has 0 bridgehead atoms. The van der Waals surface area contributed by atoms with Crippen molar-refractivity contribution in [2.24, 2.45) is 0 Å². The molecular weight excluding hydrogens is 322 g/mol. The van der Waals surface area contributed by atoms with Crippen molar-refractivity contribution >= 4 is 10.8 Å². The van der Waals surface area contributed by atoms with Crippen molar-refractivity contribution in [3.63, 3.8) is 0 Å². The molecule has 1 fully saturated rings. The van der Waals surface area contributed by atoms with Crippen LogP contribution in [0, 0.1) is 0 Å². The molecule has 0 radical (unpaired) electrons. The van der Waals surface area contributed by atoms with Gasteiger partial charge in [0, 0.05) is 24.8 Å². The molecule has 134 valence electrons. The van der Waals surface area contributed by atoms with Crippen molar-refractivity contribution in [1.29, 1.82) is 0 Å². The molecule has 0 aliphatic carbocycles. The second kappa shape index (κ2) is 7.42. The Morgan fingerprint density at radius 1 is 1.08 bits per heavy atom. The zero-order chi connectivity index (χ0) is 17.9. The maximum Gasteiger partial charge on any atom is 0.271 e. The highest BCUT2D eigenvalue weighted by atomic mass is 16.1. The number of benzene rings is 2. The normalized spacial score (nSPS) is 18.3. The fourth-order valence-electron chi connectivity index (χ4n) is 3.88. The minimum absolute atomic E-state index is 0.112. The third-order valence-electron chi connectivity index (χ3n) is 5.48. The minimum atomic E-state index is -0.112. The van der Waals surface area contributed by atoms with Gasteiger partial charge in [0.1, 0.15) is 0 Å². The Bertz CT molecular complexity index is 963. The molecule has 1 saturated heterocycles. The number of piperidine rings is 1. The molecule has 0 saturated carbocycles. The van der Waals surface area contributed by atoms with Crippen LogP contribution in [-0.2, 0) is 6.42 Å². The highest BCUT2D eigenvalue weighted by molar-refractivity contribution is 5.85. The lowest BCUT2D eigenvalue weighted by molar-refractivity contribution is 0.163. The van der Waals surface area contributed by atoms with Crippen molar-refractivity contribution in [3.05, 3.63) is 70.6 Å². The molecule has 1 unspecified atom stereocenters. The van der Waals surface area contributed by atoms with Gasteiger partial charge in [0.15, 0.2) is 0 Å². The number of fused-ring (bicyclic) bond motifs is 1. The van der Waals surface area contributed by atoms with Crippen molar-refractivity contribution in [2.45, 2.75) is 38.6 Å². The van der Waals surface area contributed by atoms with E-state index in [0.29, 0.717) is 6.04 Å². The Labute approximate surface area is 154 Å². The summed E-state index contributed by atoms with van der Waals surface area (Å²) in [6, 6.07) is 16.6. The smallest absolute Gasteiger partial charge is 0.271 e. The molecule has 4 nitrogen and oxygen atoms in total. The monoisotopic (exact) mass is 347 g/mol. The molecule has 1 atom stereocenters. The molecule has 1 aliphatic heterocycles. The first-order valence-corrected chi connectivity index (χ1v) is 9.52. The Morgan fingerprint density at radius 2 is 1.92 bits per heavy atom. The fraction of sp³-hybridized carbons (Fsp3) is 0.364. The van der Waals surface area contributed by atoms with E-state index in [4.69, 9.17) is 0 Å². The van der Waals surface area contributed by atoms with Crippen molar-refractivity contribution in [2.75, 3.05) is 13.1 Å². The molecular formula is C22H25N3O. The van der Waals surface area contributed by atoms with Gasteiger partial charge >= 0.3 is 0 Å². The number of hydrogen-bond donors (Lipinski definition) is 0. The Balaban J connectivity index is 1.54. The van der Waals surface area contributed by atoms with E-state index in [1.807, 2.05) is 12.1 Å². The Morgan fingerprint density at radius 3 is 2.77 bits per heavy atom. The predicted molar refractivity (Wildman–Crippen MR) is 106 cm³/mol. The molecule has 0 spiro atoms. The average molecular weight is 347 g/mol. The summed E-state index contributed by atoms with van der Waals surface area (Å²) in [7, 11) is 0. The second-order valence-corrected chi connectivity index (χ2v) is 7.27. The van der Waals surface area contributed by atoms with E-state index in [-0.39, 0.29) is 5.56 Å². The molecule has 3 aromatic rings. The van der Waals surface area contributed by atoms with Gasteiger partial charge < -0.3 is 4.90 Å². The molecule has 1 aliphatic rings.